The van der Waals surface area contributed by atoms with E-state index in [4.69, 9.17) is 5.26 Å². The molecule has 0 amide bonds. The van der Waals surface area contributed by atoms with E-state index in [1.54, 1.807) is 13.0 Å². The van der Waals surface area contributed by atoms with Crippen LogP contribution >= 0.6 is 0 Å². The molecule has 0 aromatic rings. The lowest BCUT2D eigenvalue weighted by Crippen LogP contribution is -1.62. The van der Waals surface area contributed by atoms with Crippen molar-refractivity contribution in [2.24, 2.45) is 0 Å². The van der Waals surface area contributed by atoms with E-state index in [0.717, 1.165) is 0 Å². The van der Waals surface area contributed by atoms with Crippen molar-refractivity contribution in [3.63, 3.8) is 0 Å². The van der Waals surface area contributed by atoms with E-state index in [2.05, 4.69) is 6.58 Å². The Hall–Kier alpha value is -1.03. The van der Waals surface area contributed by atoms with Gasteiger partial charge in [-0.3, -0.25) is 0 Å². The van der Waals surface area contributed by atoms with Crippen LogP contribution in [-0.2, 0) is 0 Å². The van der Waals surface area contributed by atoms with E-state index in [0.29, 0.717) is 5.57 Å². The Balaban J connectivity index is 3.94. The Morgan fingerprint density at radius 2 is 2.43 bits per heavy atom. The van der Waals surface area contributed by atoms with Crippen LogP contribution in [0, 0.1) is 11.3 Å². The Labute approximate surface area is 43.6 Å². The third-order valence-corrected chi connectivity index (χ3v) is 0.660. The number of nitrogens with zero attached hydrogens (tertiary/aromatic N) is 1. The lowest BCUT2D eigenvalue weighted by molar-refractivity contribution is 1.49. The van der Waals surface area contributed by atoms with Gasteiger partial charge in [-0.1, -0.05) is 18.7 Å². The summed E-state index contributed by atoms with van der Waals surface area (Å²) in [5, 5.41) is 8.14. The molecular weight excluding hydrogens is 86.1 g/mol. The second kappa shape index (κ2) is 3.17. The Bertz CT molecular complexity index is 126. The second-order valence-corrected chi connectivity index (χ2v) is 1.06. The van der Waals surface area contributed by atoms with Gasteiger partial charge in [0.2, 0.25) is 0 Å². The molecule has 0 atom stereocenters. The fourth-order valence-corrected chi connectivity index (χ4v) is 0.228. The monoisotopic (exact) mass is 93.1 g/mol. The van der Waals surface area contributed by atoms with Gasteiger partial charge in [-0.2, -0.15) is 5.26 Å². The van der Waals surface area contributed by atoms with E-state index >= 15 is 0 Å². The van der Waals surface area contributed by atoms with Gasteiger partial charge in [0.05, 0.1) is 6.07 Å². The smallest absolute Gasteiger partial charge is 0.0987 e. The highest BCUT2D eigenvalue weighted by Crippen LogP contribution is 1.88. The quantitative estimate of drug-likeness (QED) is 0.357. The summed E-state index contributed by atoms with van der Waals surface area (Å²) in [6.45, 7) is 5.22. The van der Waals surface area contributed by atoms with E-state index in [1.165, 1.54) is 6.08 Å². The number of allylic oxidation sites excluding steroid dienone is 3. The first-order chi connectivity index (χ1) is 3.35. The minimum Gasteiger partial charge on any atom is -0.192 e. The van der Waals surface area contributed by atoms with E-state index in [1.807, 2.05) is 6.07 Å². The lowest BCUT2D eigenvalue weighted by Gasteiger charge is -1.74. The maximum atomic E-state index is 8.14. The molecule has 0 fully saturated rings. The third kappa shape index (κ3) is 1.77. The van der Waals surface area contributed by atoms with Crippen LogP contribution in [0.2, 0.25) is 0 Å². The first kappa shape index (κ1) is 5.97. The molecular formula is C6H7N. The third-order valence-electron chi connectivity index (χ3n) is 0.660. The average Bonchev–Trinajstić information content (AvgIpc) is 1.72. The Kier molecular flexibility index (Phi) is 2.70. The first-order valence-corrected chi connectivity index (χ1v) is 2.04. The minimum absolute atomic E-state index is 0.625. The Morgan fingerprint density at radius 3 is 2.43 bits per heavy atom. The molecule has 0 aromatic carbocycles. The van der Waals surface area contributed by atoms with Crippen molar-refractivity contribution in [3.8, 4) is 6.07 Å². The highest BCUT2D eigenvalue weighted by molar-refractivity contribution is 5.30. The van der Waals surface area contributed by atoms with Crippen molar-refractivity contribution in [2.45, 2.75) is 6.92 Å². The topological polar surface area (TPSA) is 23.8 Å². The highest BCUT2D eigenvalue weighted by atomic mass is 14.2. The molecule has 0 unspecified atom stereocenters. The summed E-state index contributed by atoms with van der Waals surface area (Å²) in [6, 6.07) is 1.94. The van der Waals surface area contributed by atoms with Crippen molar-refractivity contribution in [1.82, 2.24) is 0 Å². The van der Waals surface area contributed by atoms with Gasteiger partial charge >= 0.3 is 0 Å². The summed E-state index contributed by atoms with van der Waals surface area (Å²) >= 11 is 0. The molecule has 0 aliphatic rings. The normalized spacial score (nSPS) is 10.0. The maximum Gasteiger partial charge on any atom is 0.0987 e. The van der Waals surface area contributed by atoms with Crippen LogP contribution in [0.3, 0.4) is 0 Å². The van der Waals surface area contributed by atoms with Gasteiger partial charge in [-0.05, 0) is 6.92 Å². The molecule has 0 heterocycles. The largest absolute Gasteiger partial charge is 0.192 e. The van der Waals surface area contributed by atoms with Crippen LogP contribution < -0.4 is 0 Å². The summed E-state index contributed by atoms with van der Waals surface area (Å²) in [4.78, 5) is 0. The number of rotatable bonds is 1. The molecule has 0 saturated carbocycles. The number of hydrogen-bond donors (Lipinski definition) is 0. The molecule has 1 heteroatoms. The molecule has 0 bridgehead atoms. The van der Waals surface area contributed by atoms with Gasteiger partial charge in [0.1, 0.15) is 0 Å². The van der Waals surface area contributed by atoms with Crippen LogP contribution in [0.1, 0.15) is 6.92 Å². The van der Waals surface area contributed by atoms with Gasteiger partial charge < -0.3 is 0 Å². The van der Waals surface area contributed by atoms with Gasteiger partial charge in [0, 0.05) is 5.57 Å². The van der Waals surface area contributed by atoms with Gasteiger partial charge in [-0.15, -0.1) is 0 Å². The molecule has 0 spiro atoms. The molecule has 0 saturated heterocycles. The average molecular weight is 93.1 g/mol. The van der Waals surface area contributed by atoms with Crippen LogP contribution in [0.4, 0.5) is 0 Å². The van der Waals surface area contributed by atoms with Crippen molar-refractivity contribution in [3.05, 3.63) is 24.3 Å². The van der Waals surface area contributed by atoms with Gasteiger partial charge in [0.25, 0.3) is 0 Å². The fourth-order valence-electron chi connectivity index (χ4n) is 0.228. The highest BCUT2D eigenvalue weighted by Gasteiger charge is 1.76. The predicted molar refractivity (Wildman–Crippen MR) is 29.6 cm³/mol. The fraction of sp³-hybridized carbons (Fsp3) is 0.167. The predicted octanol–water partition coefficient (Wildman–Crippen LogP) is 1.64. The standard InChI is InChI=1S/C6H7N/c1-3-6(4-2)5-7/h3-4H,1H2,2H3. The number of hydrogen-bond acceptors (Lipinski definition) is 1. The number of nitriles is 1. The zero-order valence-electron chi connectivity index (χ0n) is 4.31. The lowest BCUT2D eigenvalue weighted by atomic mass is 10.3. The van der Waals surface area contributed by atoms with Gasteiger partial charge in [-0.25, -0.2) is 0 Å². The molecule has 0 N–H and O–H groups in total. The van der Waals surface area contributed by atoms with Crippen molar-refractivity contribution in [1.29, 1.82) is 5.26 Å². The summed E-state index contributed by atoms with van der Waals surface area (Å²) in [6.07, 6.45) is 3.24. The molecule has 1 nitrogen and oxygen atoms in total. The van der Waals surface area contributed by atoms with Crippen molar-refractivity contribution >= 4 is 0 Å². The van der Waals surface area contributed by atoms with E-state index < -0.39 is 0 Å². The van der Waals surface area contributed by atoms with Crippen molar-refractivity contribution in [2.75, 3.05) is 0 Å². The van der Waals surface area contributed by atoms with E-state index in [-0.39, 0.29) is 0 Å². The summed E-state index contributed by atoms with van der Waals surface area (Å²) < 4.78 is 0. The minimum atomic E-state index is 0.625. The zero-order valence-corrected chi connectivity index (χ0v) is 4.31. The molecule has 7 heavy (non-hydrogen) atoms. The molecule has 0 aromatic heterocycles. The molecule has 36 valence electrons. The maximum absolute atomic E-state index is 8.14. The van der Waals surface area contributed by atoms with Crippen LogP contribution in [0.5, 0.6) is 0 Å². The SMILES string of the molecule is C=CC(C#N)=CC. The van der Waals surface area contributed by atoms with Crippen molar-refractivity contribution < 1.29 is 0 Å². The van der Waals surface area contributed by atoms with Crippen LogP contribution in [0.15, 0.2) is 24.3 Å². The molecule has 0 aliphatic carbocycles. The summed E-state index contributed by atoms with van der Waals surface area (Å²) in [5.74, 6) is 0. The second-order valence-electron chi connectivity index (χ2n) is 1.06. The molecule has 0 radical (unpaired) electrons. The molecule has 0 aliphatic heterocycles. The Morgan fingerprint density at radius 1 is 1.86 bits per heavy atom. The summed E-state index contributed by atoms with van der Waals surface area (Å²) in [5.41, 5.74) is 0.625. The van der Waals surface area contributed by atoms with Crippen LogP contribution in [-0.4, -0.2) is 0 Å². The molecule has 0 rings (SSSR count). The first-order valence-electron chi connectivity index (χ1n) is 2.04. The zero-order chi connectivity index (χ0) is 5.70. The van der Waals surface area contributed by atoms with E-state index in [9.17, 15) is 0 Å². The summed E-state index contributed by atoms with van der Waals surface area (Å²) in [7, 11) is 0. The van der Waals surface area contributed by atoms with Gasteiger partial charge in [0.15, 0.2) is 0 Å². The van der Waals surface area contributed by atoms with Crippen LogP contribution in [0.25, 0.3) is 0 Å².